The molecular weight excluding hydrogens is 544 g/mol. The first-order valence-electron chi connectivity index (χ1n) is 15.9. The summed E-state index contributed by atoms with van der Waals surface area (Å²) in [7, 11) is 0. The SMILES string of the molecule is CCCCCc1ccc(COOc2ccc(COO[C@H]3CO[C@@H]4C(Oc5ccc(CCCCC)cc5)CO[C@H]34)cc2)cc1. The van der Waals surface area contributed by atoms with Crippen LogP contribution in [0.3, 0.4) is 0 Å². The molecule has 2 heterocycles. The molecule has 3 aromatic carbocycles. The summed E-state index contributed by atoms with van der Waals surface area (Å²) in [5, 5.41) is 0. The summed E-state index contributed by atoms with van der Waals surface area (Å²) in [5.41, 5.74) is 4.74. The molecule has 7 heteroatoms. The van der Waals surface area contributed by atoms with Crippen molar-refractivity contribution in [3.63, 3.8) is 0 Å². The summed E-state index contributed by atoms with van der Waals surface area (Å²) in [6.07, 6.45) is 8.81. The van der Waals surface area contributed by atoms with Crippen molar-refractivity contribution in [1.82, 2.24) is 0 Å². The normalized spacial score (nSPS) is 21.2. The van der Waals surface area contributed by atoms with Crippen LogP contribution in [0.15, 0.2) is 72.8 Å². The van der Waals surface area contributed by atoms with Gasteiger partial charge < -0.3 is 19.1 Å². The number of aryl methyl sites for hydroxylation is 2. The van der Waals surface area contributed by atoms with Crippen LogP contribution in [0.2, 0.25) is 0 Å². The molecule has 1 unspecified atom stereocenters. The van der Waals surface area contributed by atoms with Crippen molar-refractivity contribution in [3.05, 3.63) is 95.1 Å². The lowest BCUT2D eigenvalue weighted by atomic mass is 10.1. The predicted molar refractivity (Wildman–Crippen MR) is 165 cm³/mol. The largest absolute Gasteiger partial charge is 0.485 e. The van der Waals surface area contributed by atoms with Crippen molar-refractivity contribution in [2.45, 2.75) is 103 Å². The Bertz CT molecular complexity index is 1200. The maximum Gasteiger partial charge on any atom is 0.165 e. The Morgan fingerprint density at radius 1 is 0.558 bits per heavy atom. The topological polar surface area (TPSA) is 64.6 Å². The number of hydrogen-bond acceptors (Lipinski definition) is 7. The van der Waals surface area contributed by atoms with E-state index in [1.165, 1.54) is 49.7 Å². The Balaban J connectivity index is 0.978. The molecule has 43 heavy (non-hydrogen) atoms. The predicted octanol–water partition coefficient (Wildman–Crippen LogP) is 7.72. The Hall–Kier alpha value is -2.94. The highest BCUT2D eigenvalue weighted by Crippen LogP contribution is 2.32. The molecule has 5 rings (SSSR count). The summed E-state index contributed by atoms with van der Waals surface area (Å²) in [4.78, 5) is 22.2. The van der Waals surface area contributed by atoms with Gasteiger partial charge in [-0.3, -0.25) is 0 Å². The lowest BCUT2D eigenvalue weighted by Gasteiger charge is -2.18. The summed E-state index contributed by atoms with van der Waals surface area (Å²) >= 11 is 0. The molecular formula is C36H46O7. The Kier molecular flexibility index (Phi) is 12.3. The van der Waals surface area contributed by atoms with E-state index in [9.17, 15) is 0 Å². The molecule has 0 radical (unpaired) electrons. The molecule has 4 atom stereocenters. The molecule has 0 saturated carbocycles. The van der Waals surface area contributed by atoms with E-state index in [2.05, 4.69) is 50.2 Å². The van der Waals surface area contributed by atoms with E-state index in [1.807, 2.05) is 36.4 Å². The van der Waals surface area contributed by atoms with Crippen LogP contribution in [0.25, 0.3) is 0 Å². The van der Waals surface area contributed by atoms with Gasteiger partial charge in [-0.25, -0.2) is 9.78 Å². The molecule has 7 nitrogen and oxygen atoms in total. The van der Waals surface area contributed by atoms with Gasteiger partial charge in [0.15, 0.2) is 11.9 Å². The summed E-state index contributed by atoms with van der Waals surface area (Å²) in [6, 6.07) is 24.5. The molecule has 0 aromatic heterocycles. The van der Waals surface area contributed by atoms with Gasteiger partial charge in [0.05, 0.1) is 13.2 Å². The number of ether oxygens (including phenoxy) is 3. The molecule has 2 saturated heterocycles. The van der Waals surface area contributed by atoms with E-state index in [0.717, 1.165) is 29.7 Å². The average Bonchev–Trinajstić information content (AvgIpc) is 3.63. The fraction of sp³-hybridized carbons (Fsp3) is 0.500. The smallest absolute Gasteiger partial charge is 0.165 e. The van der Waals surface area contributed by atoms with Gasteiger partial charge in [-0.1, -0.05) is 88.1 Å². The van der Waals surface area contributed by atoms with Crippen LogP contribution in [0.4, 0.5) is 0 Å². The van der Waals surface area contributed by atoms with Gasteiger partial charge >= 0.3 is 0 Å². The Morgan fingerprint density at radius 2 is 1.05 bits per heavy atom. The number of benzene rings is 3. The van der Waals surface area contributed by atoms with Crippen molar-refractivity contribution >= 4 is 0 Å². The third kappa shape index (κ3) is 9.52. The second kappa shape index (κ2) is 16.8. The Labute approximate surface area is 256 Å². The first kappa shape index (κ1) is 31.5. The van der Waals surface area contributed by atoms with Crippen molar-refractivity contribution in [3.8, 4) is 11.5 Å². The number of hydrogen-bond donors (Lipinski definition) is 0. The lowest BCUT2D eigenvalue weighted by molar-refractivity contribution is -0.341. The monoisotopic (exact) mass is 590 g/mol. The highest BCUT2D eigenvalue weighted by molar-refractivity contribution is 5.28. The molecule has 0 aliphatic carbocycles. The number of rotatable bonds is 18. The first-order chi connectivity index (χ1) is 21.2. The molecule has 0 amide bonds. The van der Waals surface area contributed by atoms with Crippen LogP contribution in [0, 0.1) is 0 Å². The summed E-state index contributed by atoms with van der Waals surface area (Å²) in [6.45, 7) is 5.99. The zero-order valence-electron chi connectivity index (χ0n) is 25.6. The lowest BCUT2D eigenvalue weighted by Crippen LogP contribution is -2.35. The van der Waals surface area contributed by atoms with Gasteiger partial charge in [-0.2, -0.15) is 4.89 Å². The van der Waals surface area contributed by atoms with Crippen LogP contribution in [-0.2, 0) is 50.2 Å². The molecule has 0 bridgehead atoms. The molecule has 2 aliphatic rings. The minimum Gasteiger partial charge on any atom is -0.485 e. The molecule has 2 fully saturated rings. The van der Waals surface area contributed by atoms with Crippen molar-refractivity contribution in [2.24, 2.45) is 0 Å². The van der Waals surface area contributed by atoms with Gasteiger partial charge in [0.2, 0.25) is 0 Å². The highest BCUT2D eigenvalue weighted by atomic mass is 17.2. The Morgan fingerprint density at radius 3 is 1.67 bits per heavy atom. The van der Waals surface area contributed by atoms with Gasteiger partial charge in [-0.15, -0.1) is 0 Å². The minimum absolute atomic E-state index is 0.172. The van der Waals surface area contributed by atoms with Gasteiger partial charge in [0.1, 0.15) is 37.3 Å². The minimum atomic E-state index is -0.305. The van der Waals surface area contributed by atoms with Gasteiger partial charge in [0, 0.05) is 0 Å². The maximum absolute atomic E-state index is 6.21. The van der Waals surface area contributed by atoms with E-state index in [4.69, 9.17) is 33.8 Å². The quantitative estimate of drug-likeness (QED) is 0.0854. The van der Waals surface area contributed by atoms with Crippen LogP contribution >= 0.6 is 0 Å². The van der Waals surface area contributed by atoms with E-state index < -0.39 is 0 Å². The fourth-order valence-electron chi connectivity index (χ4n) is 5.48. The molecule has 0 N–H and O–H groups in total. The molecule has 0 spiro atoms. The molecule has 232 valence electrons. The summed E-state index contributed by atoms with van der Waals surface area (Å²) in [5.74, 6) is 1.46. The molecule has 3 aromatic rings. The van der Waals surface area contributed by atoms with Crippen molar-refractivity contribution in [1.29, 1.82) is 0 Å². The van der Waals surface area contributed by atoms with Crippen molar-refractivity contribution < 1.29 is 33.8 Å². The standard InChI is InChI=1S/C36H46O7/c1-3-5-7-9-27-11-13-29(14-12-27)23-39-42-32-21-17-30(18-22-32)24-40-43-34-26-38-35-33(25-37-36(34)35)41-31-19-15-28(16-20-31)10-8-6-4-2/h11-22,33-36H,3-10,23-26H2,1-2H3/t33?,34-,35+,36+/m0/s1. The van der Waals surface area contributed by atoms with Crippen LogP contribution in [0.5, 0.6) is 11.5 Å². The van der Waals surface area contributed by atoms with Crippen LogP contribution in [0.1, 0.15) is 74.6 Å². The zero-order chi connectivity index (χ0) is 29.7. The van der Waals surface area contributed by atoms with E-state index >= 15 is 0 Å². The first-order valence-corrected chi connectivity index (χ1v) is 15.9. The maximum atomic E-state index is 6.21. The number of fused-ring (bicyclic) bond motifs is 1. The van der Waals surface area contributed by atoms with Gasteiger partial charge in [0.25, 0.3) is 0 Å². The third-order valence-corrected chi connectivity index (χ3v) is 8.06. The van der Waals surface area contributed by atoms with Gasteiger partial charge in [-0.05, 0) is 72.2 Å². The second-order valence-electron chi connectivity index (χ2n) is 11.5. The fourth-order valence-corrected chi connectivity index (χ4v) is 5.48. The van der Waals surface area contributed by atoms with Crippen LogP contribution < -0.4 is 9.62 Å². The van der Waals surface area contributed by atoms with Crippen molar-refractivity contribution in [2.75, 3.05) is 13.2 Å². The average molecular weight is 591 g/mol. The summed E-state index contributed by atoms with van der Waals surface area (Å²) < 4.78 is 18.2. The zero-order valence-corrected chi connectivity index (χ0v) is 25.6. The van der Waals surface area contributed by atoms with E-state index in [1.54, 1.807) is 0 Å². The highest BCUT2D eigenvalue weighted by Gasteiger charge is 2.50. The van der Waals surface area contributed by atoms with Crippen LogP contribution in [-0.4, -0.2) is 37.6 Å². The molecule has 2 aliphatic heterocycles. The van der Waals surface area contributed by atoms with E-state index in [-0.39, 0.29) is 24.4 Å². The number of unbranched alkanes of at least 4 members (excludes halogenated alkanes) is 4. The second-order valence-corrected chi connectivity index (χ2v) is 11.5. The third-order valence-electron chi connectivity index (χ3n) is 8.06. The van der Waals surface area contributed by atoms with E-state index in [0.29, 0.717) is 32.2 Å².